The van der Waals surface area contributed by atoms with E-state index in [1.165, 1.54) is 19.0 Å². The molecule has 21 heavy (non-hydrogen) atoms. The molecule has 0 bridgehead atoms. The van der Waals surface area contributed by atoms with Gasteiger partial charge in [-0.25, -0.2) is 13.1 Å². The van der Waals surface area contributed by atoms with Crippen LogP contribution in [0, 0.1) is 5.92 Å². The second-order valence-electron chi connectivity index (χ2n) is 6.77. The molecule has 0 unspecified atom stereocenters. The maximum atomic E-state index is 12.4. The largest absolute Gasteiger partial charge is 0.312 e. The van der Waals surface area contributed by atoms with Gasteiger partial charge in [0.25, 0.3) is 0 Å². The third-order valence-corrected chi connectivity index (χ3v) is 5.89. The summed E-state index contributed by atoms with van der Waals surface area (Å²) in [5.74, 6) is 0.449. The lowest BCUT2D eigenvalue weighted by molar-refractivity contribution is 0.400. The van der Waals surface area contributed by atoms with Crippen molar-refractivity contribution in [2.45, 2.75) is 62.6 Å². The first kappa shape index (κ1) is 15.0. The van der Waals surface area contributed by atoms with Crippen LogP contribution in [0.2, 0.25) is 0 Å². The van der Waals surface area contributed by atoms with Gasteiger partial charge in [0, 0.05) is 24.3 Å². The van der Waals surface area contributed by atoms with Gasteiger partial charge in [-0.05, 0) is 45.4 Å². The molecule has 2 fully saturated rings. The Kier molecular flexibility index (Phi) is 3.83. The SMILES string of the molecule is CC(C)(NS(=O)(=O)c1cnn(CCNC2CC2)c1)C1CC1. The molecule has 1 heterocycles. The zero-order valence-electron chi connectivity index (χ0n) is 12.7. The predicted molar refractivity (Wildman–Crippen MR) is 80.4 cm³/mol. The van der Waals surface area contributed by atoms with Crippen LogP contribution in [0.15, 0.2) is 17.3 Å². The van der Waals surface area contributed by atoms with Crippen molar-refractivity contribution in [3.8, 4) is 0 Å². The average molecular weight is 312 g/mol. The van der Waals surface area contributed by atoms with Crippen LogP contribution in [0.5, 0.6) is 0 Å². The Hall–Kier alpha value is -0.920. The Balaban J connectivity index is 1.60. The van der Waals surface area contributed by atoms with Gasteiger partial charge in [0.2, 0.25) is 10.0 Å². The highest BCUT2D eigenvalue weighted by Gasteiger charge is 2.40. The summed E-state index contributed by atoms with van der Waals surface area (Å²) in [5, 5.41) is 7.54. The number of nitrogens with zero attached hydrogens (tertiary/aromatic N) is 2. The highest BCUT2D eigenvalue weighted by atomic mass is 32.2. The highest BCUT2D eigenvalue weighted by Crippen LogP contribution is 2.39. The minimum absolute atomic E-state index is 0.252. The summed E-state index contributed by atoms with van der Waals surface area (Å²) in [5.41, 5.74) is -0.380. The molecule has 118 valence electrons. The van der Waals surface area contributed by atoms with Gasteiger partial charge in [-0.3, -0.25) is 4.68 Å². The summed E-state index contributed by atoms with van der Waals surface area (Å²) in [6.07, 6.45) is 7.74. The van der Waals surface area contributed by atoms with E-state index in [1.807, 2.05) is 13.8 Å². The molecule has 2 N–H and O–H groups in total. The number of sulfonamides is 1. The van der Waals surface area contributed by atoms with Gasteiger partial charge < -0.3 is 5.32 Å². The lowest BCUT2D eigenvalue weighted by Gasteiger charge is -2.25. The van der Waals surface area contributed by atoms with Crippen molar-refractivity contribution in [2.75, 3.05) is 6.54 Å². The van der Waals surface area contributed by atoms with Crippen LogP contribution in [0.25, 0.3) is 0 Å². The van der Waals surface area contributed by atoms with Crippen LogP contribution in [0.1, 0.15) is 39.5 Å². The molecule has 6 nitrogen and oxygen atoms in total. The molecule has 0 saturated heterocycles. The number of rotatable bonds is 8. The Morgan fingerprint density at radius 2 is 2.05 bits per heavy atom. The molecule has 0 amide bonds. The van der Waals surface area contributed by atoms with Crippen LogP contribution in [-0.4, -0.2) is 36.3 Å². The number of hydrogen-bond acceptors (Lipinski definition) is 4. The Morgan fingerprint density at radius 1 is 1.33 bits per heavy atom. The second kappa shape index (κ2) is 5.37. The van der Waals surface area contributed by atoms with Gasteiger partial charge in [0.15, 0.2) is 0 Å². The van der Waals surface area contributed by atoms with Crippen molar-refractivity contribution >= 4 is 10.0 Å². The second-order valence-corrected chi connectivity index (χ2v) is 8.45. The van der Waals surface area contributed by atoms with Gasteiger partial charge in [0.1, 0.15) is 4.90 Å². The molecule has 7 heteroatoms. The fourth-order valence-electron chi connectivity index (χ4n) is 2.57. The van der Waals surface area contributed by atoms with Crippen LogP contribution in [-0.2, 0) is 16.6 Å². The normalized spacial score (nSPS) is 19.9. The molecule has 2 saturated carbocycles. The summed E-state index contributed by atoms with van der Waals surface area (Å²) < 4.78 is 29.3. The summed E-state index contributed by atoms with van der Waals surface area (Å²) in [4.78, 5) is 0.252. The third-order valence-electron chi connectivity index (χ3n) is 4.27. The molecule has 0 aliphatic heterocycles. The Bertz CT molecular complexity index is 600. The van der Waals surface area contributed by atoms with E-state index in [0.29, 0.717) is 18.5 Å². The average Bonchev–Trinajstić information content (AvgIpc) is 3.26. The van der Waals surface area contributed by atoms with Crippen LogP contribution in [0.3, 0.4) is 0 Å². The minimum atomic E-state index is -3.48. The molecule has 3 rings (SSSR count). The summed E-state index contributed by atoms with van der Waals surface area (Å²) in [7, 11) is -3.48. The lowest BCUT2D eigenvalue weighted by atomic mass is 10.0. The first-order chi connectivity index (χ1) is 9.87. The van der Waals surface area contributed by atoms with E-state index in [1.54, 1.807) is 10.9 Å². The molecule has 0 radical (unpaired) electrons. The molecule has 2 aliphatic carbocycles. The third kappa shape index (κ3) is 3.84. The summed E-state index contributed by atoms with van der Waals surface area (Å²) >= 11 is 0. The van der Waals surface area contributed by atoms with E-state index < -0.39 is 10.0 Å². The molecule has 1 aromatic rings. The van der Waals surface area contributed by atoms with Crippen LogP contribution < -0.4 is 10.0 Å². The smallest absolute Gasteiger partial charge is 0.244 e. The minimum Gasteiger partial charge on any atom is -0.312 e. The summed E-state index contributed by atoms with van der Waals surface area (Å²) in [6.45, 7) is 5.42. The van der Waals surface area contributed by atoms with Crippen molar-refractivity contribution in [1.29, 1.82) is 0 Å². The molecule has 1 aromatic heterocycles. The van der Waals surface area contributed by atoms with Crippen molar-refractivity contribution in [3.05, 3.63) is 12.4 Å². The first-order valence-corrected chi connectivity index (χ1v) is 9.15. The molecule has 0 atom stereocenters. The van der Waals surface area contributed by atoms with Crippen LogP contribution in [0.4, 0.5) is 0 Å². The van der Waals surface area contributed by atoms with Crippen molar-refractivity contribution in [1.82, 2.24) is 19.8 Å². The van der Waals surface area contributed by atoms with Crippen molar-refractivity contribution in [3.63, 3.8) is 0 Å². The van der Waals surface area contributed by atoms with E-state index in [9.17, 15) is 8.42 Å². The zero-order valence-corrected chi connectivity index (χ0v) is 13.5. The molecular formula is C14H24N4O2S. The van der Waals surface area contributed by atoms with E-state index in [-0.39, 0.29) is 10.4 Å². The van der Waals surface area contributed by atoms with E-state index in [0.717, 1.165) is 19.4 Å². The van der Waals surface area contributed by atoms with Gasteiger partial charge in [0.05, 0.1) is 12.7 Å². The molecular weight excluding hydrogens is 288 g/mol. The predicted octanol–water partition coefficient (Wildman–Crippen LogP) is 1.10. The van der Waals surface area contributed by atoms with Crippen molar-refractivity contribution < 1.29 is 8.42 Å². The van der Waals surface area contributed by atoms with E-state index in [4.69, 9.17) is 0 Å². The number of hydrogen-bond donors (Lipinski definition) is 2. The van der Waals surface area contributed by atoms with E-state index in [2.05, 4.69) is 15.1 Å². The quantitative estimate of drug-likeness (QED) is 0.754. The highest BCUT2D eigenvalue weighted by molar-refractivity contribution is 7.89. The van der Waals surface area contributed by atoms with Gasteiger partial charge in [-0.1, -0.05) is 0 Å². The van der Waals surface area contributed by atoms with E-state index >= 15 is 0 Å². The zero-order chi connectivity index (χ0) is 15.1. The van der Waals surface area contributed by atoms with Gasteiger partial charge in [-0.2, -0.15) is 5.10 Å². The fourth-order valence-corrected chi connectivity index (χ4v) is 3.99. The number of aromatic nitrogens is 2. The Morgan fingerprint density at radius 3 is 2.67 bits per heavy atom. The molecule has 2 aliphatic rings. The summed E-state index contributed by atoms with van der Waals surface area (Å²) in [6, 6.07) is 0.657. The maximum absolute atomic E-state index is 12.4. The first-order valence-electron chi connectivity index (χ1n) is 7.67. The number of nitrogens with one attached hydrogen (secondary N) is 2. The van der Waals surface area contributed by atoms with Gasteiger partial charge in [-0.15, -0.1) is 0 Å². The van der Waals surface area contributed by atoms with Crippen molar-refractivity contribution in [2.24, 2.45) is 5.92 Å². The topological polar surface area (TPSA) is 76.0 Å². The fraction of sp³-hybridized carbons (Fsp3) is 0.786. The van der Waals surface area contributed by atoms with Gasteiger partial charge >= 0.3 is 0 Å². The Labute approximate surface area is 126 Å². The maximum Gasteiger partial charge on any atom is 0.244 e. The molecule has 0 spiro atoms. The molecule has 0 aromatic carbocycles. The monoisotopic (exact) mass is 312 g/mol. The lowest BCUT2D eigenvalue weighted by Crippen LogP contribution is -2.44. The standard InChI is InChI=1S/C14H24N4O2S/c1-14(2,11-3-4-11)17-21(19,20)13-9-16-18(10-13)8-7-15-12-5-6-12/h9-12,15,17H,3-8H2,1-2H3. The van der Waals surface area contributed by atoms with Crippen LogP contribution >= 0.6 is 0 Å².